The second-order valence-corrected chi connectivity index (χ2v) is 22.8. The molecular formula is C59H116N2O6P+. The number of carbonyl (C=O) groups is 1. The maximum Gasteiger partial charge on any atom is 0.472 e. The molecule has 3 unspecified atom stereocenters. The first-order valence-corrected chi connectivity index (χ1v) is 30.9. The molecule has 0 aromatic heterocycles. The van der Waals surface area contributed by atoms with Gasteiger partial charge in [-0.3, -0.25) is 13.8 Å². The molecule has 0 aliphatic carbocycles. The molecular weight excluding hydrogens is 864 g/mol. The maximum atomic E-state index is 13.0. The SMILES string of the molecule is CCCCCCCCCCCCCC/C=C\CCCCCCCCCCC(=O)NC(COP(=O)(O)OCC[N+](C)(C)C)C(O)/C=C/CC/C=C/CCCCCCCCCCCCCCCCCC. The van der Waals surface area contributed by atoms with Crippen molar-refractivity contribution in [2.75, 3.05) is 40.9 Å². The van der Waals surface area contributed by atoms with Gasteiger partial charge < -0.3 is 19.8 Å². The summed E-state index contributed by atoms with van der Waals surface area (Å²) in [6.45, 7) is 4.83. The first-order valence-electron chi connectivity index (χ1n) is 29.4. The number of unbranched alkanes of at least 4 members (excludes halogenated alkanes) is 37. The highest BCUT2D eigenvalue weighted by atomic mass is 31.2. The fourth-order valence-corrected chi connectivity index (χ4v) is 9.44. The third kappa shape index (κ3) is 52.5. The molecule has 0 aromatic carbocycles. The fraction of sp³-hybridized carbons (Fsp3) is 0.881. The van der Waals surface area contributed by atoms with Gasteiger partial charge in [0.15, 0.2) is 0 Å². The zero-order valence-electron chi connectivity index (χ0n) is 45.9. The van der Waals surface area contributed by atoms with Crippen molar-refractivity contribution in [3.05, 3.63) is 36.5 Å². The number of rotatable bonds is 54. The molecule has 0 radical (unpaired) electrons. The first-order chi connectivity index (χ1) is 33.0. The highest BCUT2D eigenvalue weighted by Gasteiger charge is 2.27. The van der Waals surface area contributed by atoms with E-state index in [-0.39, 0.29) is 19.1 Å². The lowest BCUT2D eigenvalue weighted by Gasteiger charge is -2.25. The zero-order chi connectivity index (χ0) is 49.9. The van der Waals surface area contributed by atoms with Gasteiger partial charge >= 0.3 is 7.82 Å². The van der Waals surface area contributed by atoms with Gasteiger partial charge in [-0.15, -0.1) is 0 Å². The van der Waals surface area contributed by atoms with E-state index in [4.69, 9.17) is 9.05 Å². The number of hydrogen-bond donors (Lipinski definition) is 3. The maximum absolute atomic E-state index is 13.0. The number of likely N-dealkylation sites (N-methyl/N-ethyl adjacent to an activating group) is 1. The van der Waals surface area contributed by atoms with Crippen molar-refractivity contribution < 1.29 is 32.9 Å². The molecule has 9 heteroatoms. The van der Waals surface area contributed by atoms with Gasteiger partial charge in [0.2, 0.25) is 5.91 Å². The lowest BCUT2D eigenvalue weighted by atomic mass is 10.0. The minimum atomic E-state index is -4.36. The first kappa shape index (κ1) is 66.7. The van der Waals surface area contributed by atoms with E-state index < -0.39 is 20.0 Å². The van der Waals surface area contributed by atoms with Crippen LogP contribution in [-0.2, 0) is 18.4 Å². The van der Waals surface area contributed by atoms with Gasteiger partial charge in [0.1, 0.15) is 13.2 Å². The average Bonchev–Trinajstić information content (AvgIpc) is 3.30. The van der Waals surface area contributed by atoms with Crippen LogP contribution in [0, 0.1) is 0 Å². The van der Waals surface area contributed by atoms with Gasteiger partial charge in [0.05, 0.1) is 39.9 Å². The Bertz CT molecular complexity index is 1200. The fourth-order valence-electron chi connectivity index (χ4n) is 8.70. The summed E-state index contributed by atoms with van der Waals surface area (Å²) < 4.78 is 23.7. The van der Waals surface area contributed by atoms with E-state index in [0.29, 0.717) is 17.4 Å². The number of hydrogen-bond acceptors (Lipinski definition) is 5. The smallest absolute Gasteiger partial charge is 0.387 e. The molecule has 0 fully saturated rings. The van der Waals surface area contributed by atoms with Crippen LogP contribution in [0.5, 0.6) is 0 Å². The van der Waals surface area contributed by atoms with E-state index in [1.807, 2.05) is 27.2 Å². The molecule has 68 heavy (non-hydrogen) atoms. The Hall–Kier alpha value is -1.28. The Morgan fingerprint density at radius 1 is 0.485 bits per heavy atom. The molecule has 0 aliphatic rings. The molecule has 3 N–H and O–H groups in total. The number of carbonyl (C=O) groups excluding carboxylic acids is 1. The van der Waals surface area contributed by atoms with Crippen LogP contribution in [0.2, 0.25) is 0 Å². The van der Waals surface area contributed by atoms with Crippen molar-refractivity contribution in [2.45, 2.75) is 296 Å². The Labute approximate surface area is 423 Å². The van der Waals surface area contributed by atoms with E-state index >= 15 is 0 Å². The van der Waals surface area contributed by atoms with Gasteiger partial charge in [0, 0.05) is 6.42 Å². The van der Waals surface area contributed by atoms with Crippen LogP contribution >= 0.6 is 7.82 Å². The summed E-state index contributed by atoms with van der Waals surface area (Å²) in [4.78, 5) is 23.3. The zero-order valence-corrected chi connectivity index (χ0v) is 46.8. The molecule has 1 amide bonds. The summed E-state index contributed by atoms with van der Waals surface area (Å²) in [6, 6.07) is -0.865. The summed E-state index contributed by atoms with van der Waals surface area (Å²) in [6.07, 6.45) is 65.4. The van der Waals surface area contributed by atoms with Crippen molar-refractivity contribution in [3.8, 4) is 0 Å². The molecule has 0 bridgehead atoms. The molecule has 402 valence electrons. The van der Waals surface area contributed by atoms with Crippen LogP contribution in [0.25, 0.3) is 0 Å². The number of allylic oxidation sites excluding steroid dienone is 5. The number of phosphoric acid groups is 1. The standard InChI is InChI=1S/C59H115N2O6P/c1-6-8-10-12-14-16-18-20-22-24-26-28-30-31-33-35-37-39-41-43-45-47-49-51-53-59(63)60-57(56-67-68(64,65)66-55-54-61(3,4)5)58(62)52-50-48-46-44-42-40-38-36-34-32-29-27-25-23-21-19-17-15-13-11-9-7-2/h31,33,42,44,50,52,57-58,62H,6-30,32,34-41,43,45-49,51,53-56H2,1-5H3,(H-,60,63,64,65)/p+1/b33-31-,44-42+,52-50+. The summed E-state index contributed by atoms with van der Waals surface area (Å²) in [5, 5.41) is 13.9. The molecule has 0 aromatic rings. The van der Waals surface area contributed by atoms with Gasteiger partial charge in [-0.05, 0) is 57.8 Å². The Morgan fingerprint density at radius 2 is 0.809 bits per heavy atom. The van der Waals surface area contributed by atoms with Gasteiger partial charge in [-0.1, -0.05) is 256 Å². The minimum Gasteiger partial charge on any atom is -0.387 e. The molecule has 0 rings (SSSR count). The highest BCUT2D eigenvalue weighted by Crippen LogP contribution is 2.43. The predicted octanol–water partition coefficient (Wildman–Crippen LogP) is 17.8. The largest absolute Gasteiger partial charge is 0.472 e. The molecule has 0 saturated heterocycles. The molecule has 8 nitrogen and oxygen atoms in total. The van der Waals surface area contributed by atoms with E-state index in [0.717, 1.165) is 38.5 Å². The normalized spacial score (nSPS) is 14.2. The van der Waals surface area contributed by atoms with Crippen molar-refractivity contribution in [1.29, 1.82) is 0 Å². The van der Waals surface area contributed by atoms with Crippen LogP contribution in [0.1, 0.15) is 284 Å². The van der Waals surface area contributed by atoms with Crippen LogP contribution < -0.4 is 5.32 Å². The second kappa shape index (κ2) is 50.7. The summed E-state index contributed by atoms with van der Waals surface area (Å²) in [5.41, 5.74) is 0. The third-order valence-electron chi connectivity index (χ3n) is 13.3. The van der Waals surface area contributed by atoms with Crippen LogP contribution in [0.15, 0.2) is 36.5 Å². The van der Waals surface area contributed by atoms with E-state index in [1.165, 1.54) is 225 Å². The number of quaternary nitrogens is 1. The molecule has 0 aliphatic heterocycles. The molecule has 0 heterocycles. The molecule has 0 spiro atoms. The summed E-state index contributed by atoms with van der Waals surface area (Å²) >= 11 is 0. The Morgan fingerprint density at radius 3 is 1.18 bits per heavy atom. The van der Waals surface area contributed by atoms with Gasteiger partial charge in [-0.2, -0.15) is 0 Å². The molecule has 0 saturated carbocycles. The Kier molecular flexibility index (Phi) is 49.7. The lowest BCUT2D eigenvalue weighted by Crippen LogP contribution is -2.45. The number of nitrogens with one attached hydrogen (secondary N) is 1. The van der Waals surface area contributed by atoms with Crippen LogP contribution in [0.3, 0.4) is 0 Å². The third-order valence-corrected chi connectivity index (χ3v) is 14.3. The monoisotopic (exact) mass is 980 g/mol. The van der Waals surface area contributed by atoms with Crippen molar-refractivity contribution >= 4 is 13.7 Å². The van der Waals surface area contributed by atoms with E-state index in [9.17, 15) is 19.4 Å². The van der Waals surface area contributed by atoms with Gasteiger partial charge in [0.25, 0.3) is 0 Å². The van der Waals surface area contributed by atoms with Crippen LogP contribution in [-0.4, -0.2) is 73.4 Å². The van der Waals surface area contributed by atoms with Crippen molar-refractivity contribution in [1.82, 2.24) is 5.32 Å². The molecule has 3 atom stereocenters. The van der Waals surface area contributed by atoms with Crippen molar-refractivity contribution in [2.24, 2.45) is 0 Å². The van der Waals surface area contributed by atoms with Crippen molar-refractivity contribution in [3.63, 3.8) is 0 Å². The minimum absolute atomic E-state index is 0.0562. The Balaban J connectivity index is 4.24. The van der Waals surface area contributed by atoms with Crippen LogP contribution in [0.4, 0.5) is 0 Å². The van der Waals surface area contributed by atoms with E-state index in [2.05, 4.69) is 43.5 Å². The number of nitrogens with zero attached hydrogens (tertiary/aromatic N) is 1. The highest BCUT2D eigenvalue weighted by molar-refractivity contribution is 7.47. The lowest BCUT2D eigenvalue weighted by molar-refractivity contribution is -0.870. The predicted molar refractivity (Wildman–Crippen MR) is 295 cm³/mol. The topological polar surface area (TPSA) is 105 Å². The number of phosphoric ester groups is 1. The number of aliphatic hydroxyl groups excluding tert-OH is 1. The van der Waals surface area contributed by atoms with E-state index in [1.54, 1.807) is 6.08 Å². The summed E-state index contributed by atoms with van der Waals surface area (Å²) in [5.74, 6) is -0.186. The van der Waals surface area contributed by atoms with Gasteiger partial charge in [-0.25, -0.2) is 4.57 Å². The summed E-state index contributed by atoms with van der Waals surface area (Å²) in [7, 11) is 1.56. The number of aliphatic hydroxyl groups is 1. The second-order valence-electron chi connectivity index (χ2n) is 21.4. The average molecular weight is 981 g/mol. The number of amides is 1. The quantitative estimate of drug-likeness (QED) is 0.0243.